The number of anilines is 1. The largest absolute Gasteiger partial charge is 0.481 e. The molecule has 0 spiro atoms. The van der Waals surface area contributed by atoms with Gasteiger partial charge in [-0.25, -0.2) is 0 Å². The first-order valence-electron chi connectivity index (χ1n) is 6.53. The molecule has 0 amide bonds. The highest BCUT2D eigenvalue weighted by molar-refractivity contribution is 5.70. The number of aliphatic carboxylic acids is 1. The molecule has 0 aliphatic rings. The van der Waals surface area contributed by atoms with Crippen molar-refractivity contribution in [2.75, 3.05) is 11.9 Å². The van der Waals surface area contributed by atoms with E-state index in [4.69, 9.17) is 5.11 Å². The van der Waals surface area contributed by atoms with E-state index >= 15 is 0 Å². The third kappa shape index (κ3) is 3.31. The highest BCUT2D eigenvalue weighted by Crippen LogP contribution is 2.12. The molecule has 2 aromatic rings. The molecule has 1 heterocycles. The van der Waals surface area contributed by atoms with Crippen LogP contribution in [0.25, 0.3) is 5.69 Å². The maximum Gasteiger partial charge on any atom is 0.308 e. The number of rotatable bonds is 7. The van der Waals surface area contributed by atoms with Crippen LogP contribution in [0, 0.1) is 5.92 Å². The lowest BCUT2D eigenvalue weighted by atomic mass is 10.0. The molecule has 1 aromatic carbocycles. The van der Waals surface area contributed by atoms with Gasteiger partial charge < -0.3 is 10.4 Å². The third-order valence-corrected chi connectivity index (χ3v) is 2.96. The molecule has 2 rings (SSSR count). The standard InChI is InChI=1S/C13H17N5O2/c1-2-6-10(12(19)20)9-14-13-15-16-17-18(13)11-7-4-3-5-8-11/h3-5,7-8,10H,2,6,9H2,1H3,(H,19,20)(H,14,15,17). The molecule has 1 aromatic heterocycles. The fraction of sp³-hybridized carbons (Fsp3) is 0.385. The Labute approximate surface area is 116 Å². The van der Waals surface area contributed by atoms with Crippen LogP contribution in [-0.2, 0) is 4.79 Å². The van der Waals surface area contributed by atoms with Crippen LogP contribution in [-0.4, -0.2) is 37.8 Å². The number of nitrogens with zero attached hydrogens (tertiary/aromatic N) is 4. The third-order valence-electron chi connectivity index (χ3n) is 2.96. The van der Waals surface area contributed by atoms with Crippen molar-refractivity contribution in [3.8, 4) is 5.69 Å². The number of hydrogen-bond acceptors (Lipinski definition) is 5. The summed E-state index contributed by atoms with van der Waals surface area (Å²) in [4.78, 5) is 11.1. The first-order valence-corrected chi connectivity index (χ1v) is 6.53. The van der Waals surface area contributed by atoms with E-state index < -0.39 is 11.9 Å². The van der Waals surface area contributed by atoms with E-state index in [0.717, 1.165) is 12.1 Å². The predicted molar refractivity (Wildman–Crippen MR) is 73.7 cm³/mol. The minimum absolute atomic E-state index is 0.302. The fourth-order valence-corrected chi connectivity index (χ4v) is 1.92. The zero-order valence-corrected chi connectivity index (χ0v) is 11.2. The first-order chi connectivity index (χ1) is 9.72. The monoisotopic (exact) mass is 275 g/mol. The van der Waals surface area contributed by atoms with Crippen molar-refractivity contribution >= 4 is 11.9 Å². The number of para-hydroxylation sites is 1. The molecule has 20 heavy (non-hydrogen) atoms. The minimum Gasteiger partial charge on any atom is -0.481 e. The molecule has 0 fully saturated rings. The molecule has 0 aliphatic heterocycles. The van der Waals surface area contributed by atoms with Crippen molar-refractivity contribution in [3.05, 3.63) is 30.3 Å². The predicted octanol–water partition coefficient (Wildman–Crippen LogP) is 1.58. The zero-order valence-electron chi connectivity index (χ0n) is 11.2. The summed E-state index contributed by atoms with van der Waals surface area (Å²) >= 11 is 0. The highest BCUT2D eigenvalue weighted by atomic mass is 16.4. The van der Waals surface area contributed by atoms with Crippen LogP contribution in [0.15, 0.2) is 30.3 Å². The lowest BCUT2D eigenvalue weighted by Crippen LogP contribution is -2.24. The van der Waals surface area contributed by atoms with Crippen molar-refractivity contribution in [1.29, 1.82) is 0 Å². The molecule has 7 heteroatoms. The summed E-state index contributed by atoms with van der Waals surface area (Å²) in [6.45, 7) is 2.26. The zero-order chi connectivity index (χ0) is 14.4. The summed E-state index contributed by atoms with van der Waals surface area (Å²) in [5, 5.41) is 23.5. The molecule has 7 nitrogen and oxygen atoms in total. The molecule has 2 N–H and O–H groups in total. The van der Waals surface area contributed by atoms with Crippen LogP contribution in [0.2, 0.25) is 0 Å². The second kappa shape index (κ2) is 6.65. The van der Waals surface area contributed by atoms with Gasteiger partial charge in [-0.1, -0.05) is 36.6 Å². The van der Waals surface area contributed by atoms with E-state index in [2.05, 4.69) is 20.8 Å². The Morgan fingerprint density at radius 1 is 1.40 bits per heavy atom. The Kier molecular flexibility index (Phi) is 4.65. The van der Waals surface area contributed by atoms with Crippen molar-refractivity contribution in [2.24, 2.45) is 5.92 Å². The van der Waals surface area contributed by atoms with Crippen LogP contribution < -0.4 is 5.32 Å². The number of nitrogens with one attached hydrogen (secondary N) is 1. The number of carboxylic acid groups (broad SMARTS) is 1. The SMILES string of the molecule is CCCC(CNc1nnnn1-c1ccccc1)C(=O)O. The van der Waals surface area contributed by atoms with E-state index in [1.54, 1.807) is 4.68 Å². The summed E-state index contributed by atoms with van der Waals surface area (Å²) < 4.78 is 1.55. The minimum atomic E-state index is -0.807. The van der Waals surface area contributed by atoms with Crippen molar-refractivity contribution in [1.82, 2.24) is 20.2 Å². The smallest absolute Gasteiger partial charge is 0.308 e. The van der Waals surface area contributed by atoms with Gasteiger partial charge in [0.1, 0.15) is 0 Å². The average molecular weight is 275 g/mol. The van der Waals surface area contributed by atoms with Crippen LogP contribution in [0.1, 0.15) is 19.8 Å². The lowest BCUT2D eigenvalue weighted by molar-refractivity contribution is -0.141. The topological polar surface area (TPSA) is 92.9 Å². The van der Waals surface area contributed by atoms with Gasteiger partial charge in [0.05, 0.1) is 11.6 Å². The molecule has 106 valence electrons. The van der Waals surface area contributed by atoms with E-state index in [1.807, 2.05) is 37.3 Å². The summed E-state index contributed by atoms with van der Waals surface area (Å²) in [6.07, 6.45) is 1.44. The van der Waals surface area contributed by atoms with Gasteiger partial charge in [-0.15, -0.1) is 0 Å². The number of carboxylic acids is 1. The van der Waals surface area contributed by atoms with Crippen molar-refractivity contribution < 1.29 is 9.90 Å². The normalized spacial score (nSPS) is 12.1. The Morgan fingerprint density at radius 2 is 2.15 bits per heavy atom. The van der Waals surface area contributed by atoms with Gasteiger partial charge in [-0.2, -0.15) is 4.68 Å². The second-order valence-corrected chi connectivity index (χ2v) is 4.45. The summed E-state index contributed by atoms with van der Waals surface area (Å²) in [7, 11) is 0. The summed E-state index contributed by atoms with van der Waals surface area (Å²) in [5.74, 6) is -0.808. The molecule has 1 unspecified atom stereocenters. The van der Waals surface area contributed by atoms with Gasteiger partial charge in [0.15, 0.2) is 0 Å². The van der Waals surface area contributed by atoms with Gasteiger partial charge in [0, 0.05) is 6.54 Å². The number of tetrazole rings is 1. The molecule has 0 bridgehead atoms. The van der Waals surface area contributed by atoms with Crippen molar-refractivity contribution in [2.45, 2.75) is 19.8 Å². The Bertz CT molecular complexity index is 555. The summed E-state index contributed by atoms with van der Waals surface area (Å²) in [6, 6.07) is 9.43. The molecular weight excluding hydrogens is 258 g/mol. The quantitative estimate of drug-likeness (QED) is 0.796. The van der Waals surface area contributed by atoms with Crippen LogP contribution in [0.4, 0.5) is 5.95 Å². The van der Waals surface area contributed by atoms with Gasteiger partial charge in [-0.05, 0) is 29.0 Å². The molecule has 0 radical (unpaired) electrons. The molecule has 1 atom stereocenters. The Balaban J connectivity index is 2.08. The van der Waals surface area contributed by atoms with E-state index in [1.165, 1.54) is 0 Å². The first kappa shape index (κ1) is 14.0. The number of aromatic nitrogens is 4. The van der Waals surface area contributed by atoms with E-state index in [-0.39, 0.29) is 0 Å². The highest BCUT2D eigenvalue weighted by Gasteiger charge is 2.17. The number of hydrogen-bond donors (Lipinski definition) is 2. The summed E-state index contributed by atoms with van der Waals surface area (Å²) in [5.41, 5.74) is 0.822. The van der Waals surface area contributed by atoms with Gasteiger partial charge in [-0.3, -0.25) is 4.79 Å². The molecule has 0 aliphatic carbocycles. The lowest BCUT2D eigenvalue weighted by Gasteiger charge is -2.12. The second-order valence-electron chi connectivity index (χ2n) is 4.45. The number of benzene rings is 1. The molecule has 0 saturated heterocycles. The Morgan fingerprint density at radius 3 is 2.80 bits per heavy atom. The molecular formula is C13H17N5O2. The van der Waals surface area contributed by atoms with Gasteiger partial charge in [0.25, 0.3) is 0 Å². The van der Waals surface area contributed by atoms with Crippen LogP contribution in [0.3, 0.4) is 0 Å². The van der Waals surface area contributed by atoms with E-state index in [9.17, 15) is 4.79 Å². The maximum absolute atomic E-state index is 11.1. The number of carbonyl (C=O) groups is 1. The van der Waals surface area contributed by atoms with Gasteiger partial charge in [0.2, 0.25) is 5.95 Å². The average Bonchev–Trinajstić information content (AvgIpc) is 2.92. The van der Waals surface area contributed by atoms with Crippen LogP contribution in [0.5, 0.6) is 0 Å². The van der Waals surface area contributed by atoms with E-state index in [0.29, 0.717) is 18.9 Å². The fourth-order valence-electron chi connectivity index (χ4n) is 1.92. The molecule has 0 saturated carbocycles. The van der Waals surface area contributed by atoms with Gasteiger partial charge >= 0.3 is 5.97 Å². The van der Waals surface area contributed by atoms with Crippen LogP contribution >= 0.6 is 0 Å². The maximum atomic E-state index is 11.1. The Hall–Kier alpha value is -2.44. The van der Waals surface area contributed by atoms with Crippen molar-refractivity contribution in [3.63, 3.8) is 0 Å².